The topological polar surface area (TPSA) is 50.8 Å². The Morgan fingerprint density at radius 3 is 2.55 bits per heavy atom. The first-order valence-electron chi connectivity index (χ1n) is 10.3. The van der Waals surface area contributed by atoms with E-state index in [4.69, 9.17) is 33.3 Å². The van der Waals surface area contributed by atoms with Crippen molar-refractivity contribution in [2.75, 3.05) is 13.2 Å². The van der Waals surface area contributed by atoms with Crippen LogP contribution in [0, 0.1) is 0 Å². The Kier molecular flexibility index (Phi) is 7.57. The van der Waals surface area contributed by atoms with E-state index < -0.39 is 0 Å². The number of hydrogen-bond donors (Lipinski definition) is 1. The number of nitrogens with one attached hydrogen (secondary N) is 1. The molecule has 1 N–H and O–H groups in total. The number of Topliss-reactive ketones (excluding diaryl/α,β-unsaturated/α-hetero) is 1. The maximum absolute atomic E-state index is 12.5. The van der Waals surface area contributed by atoms with E-state index in [1.54, 1.807) is 6.92 Å². The van der Waals surface area contributed by atoms with Gasteiger partial charge in [-0.15, -0.1) is 0 Å². The number of carbonyl (C=O) groups is 1. The molecule has 2 aromatic rings. The predicted octanol–water partition coefficient (Wildman–Crippen LogP) is 5.43. The van der Waals surface area contributed by atoms with E-state index in [9.17, 15) is 4.79 Å². The van der Waals surface area contributed by atoms with Crippen molar-refractivity contribution in [1.82, 2.24) is 10.2 Å². The first-order chi connectivity index (χ1) is 14.9. The monoisotopic (exact) mass is 458 g/mol. The maximum atomic E-state index is 12.5. The van der Waals surface area contributed by atoms with Crippen LogP contribution in [0.15, 0.2) is 53.7 Å². The summed E-state index contributed by atoms with van der Waals surface area (Å²) in [6, 6.07) is 12.9. The number of ether oxygens (including phenoxy) is 2. The van der Waals surface area contributed by atoms with Crippen molar-refractivity contribution >= 4 is 34.7 Å². The molecule has 0 fully saturated rings. The third kappa shape index (κ3) is 5.02. The number of nitrogens with zero attached hydrogens (tertiary/aromatic N) is 1. The molecule has 7 heteroatoms. The first-order valence-corrected chi connectivity index (χ1v) is 11.1. The van der Waals surface area contributed by atoms with Gasteiger partial charge in [0.1, 0.15) is 6.61 Å². The van der Waals surface area contributed by atoms with E-state index in [0.29, 0.717) is 47.0 Å². The molecule has 164 valence electrons. The molecule has 0 aromatic heterocycles. The SMILES string of the molecule is CCOc1cc(C2NC(=S)N(CC)C(C)=C2C(C)=O)ccc1OCc1ccccc1Cl. The Labute approximate surface area is 194 Å². The third-order valence-corrected chi connectivity index (χ3v) is 5.94. The summed E-state index contributed by atoms with van der Waals surface area (Å²) in [5.41, 5.74) is 3.35. The summed E-state index contributed by atoms with van der Waals surface area (Å²) in [4.78, 5) is 14.4. The van der Waals surface area contributed by atoms with Crippen LogP contribution in [0.25, 0.3) is 0 Å². The van der Waals surface area contributed by atoms with Crippen molar-refractivity contribution in [2.45, 2.75) is 40.3 Å². The number of benzene rings is 2. The van der Waals surface area contributed by atoms with Gasteiger partial charge < -0.3 is 19.7 Å². The number of rotatable bonds is 8. The summed E-state index contributed by atoms with van der Waals surface area (Å²) >= 11 is 11.8. The van der Waals surface area contributed by atoms with E-state index in [0.717, 1.165) is 16.8 Å². The van der Waals surface area contributed by atoms with Crippen molar-refractivity contribution < 1.29 is 14.3 Å². The molecule has 0 amide bonds. The van der Waals surface area contributed by atoms with Gasteiger partial charge in [0.25, 0.3) is 0 Å². The van der Waals surface area contributed by atoms with Gasteiger partial charge in [-0.3, -0.25) is 4.79 Å². The molecule has 31 heavy (non-hydrogen) atoms. The Balaban J connectivity index is 1.94. The van der Waals surface area contributed by atoms with Gasteiger partial charge in [-0.1, -0.05) is 35.9 Å². The number of carbonyl (C=O) groups excluding carboxylic acids is 1. The smallest absolute Gasteiger partial charge is 0.173 e. The van der Waals surface area contributed by atoms with Crippen LogP contribution < -0.4 is 14.8 Å². The third-order valence-electron chi connectivity index (χ3n) is 5.23. The van der Waals surface area contributed by atoms with E-state index in [1.807, 2.05) is 68.1 Å². The van der Waals surface area contributed by atoms with Crippen molar-refractivity contribution in [2.24, 2.45) is 0 Å². The predicted molar refractivity (Wildman–Crippen MR) is 128 cm³/mol. The summed E-state index contributed by atoms with van der Waals surface area (Å²) in [5, 5.41) is 4.57. The minimum Gasteiger partial charge on any atom is -0.490 e. The zero-order chi connectivity index (χ0) is 22.5. The number of allylic oxidation sites excluding steroid dienone is 1. The molecule has 1 atom stereocenters. The van der Waals surface area contributed by atoms with Crippen LogP contribution in [0.1, 0.15) is 44.9 Å². The minimum atomic E-state index is -0.343. The molecule has 5 nitrogen and oxygen atoms in total. The van der Waals surface area contributed by atoms with Gasteiger partial charge in [0.05, 0.1) is 12.6 Å². The fraction of sp³-hybridized carbons (Fsp3) is 0.333. The molecule has 0 saturated heterocycles. The number of hydrogen-bond acceptors (Lipinski definition) is 4. The standard InChI is InChI=1S/C24H27ClN2O3S/c1-5-27-15(3)22(16(4)28)23(26-24(27)31)17-11-12-20(21(13-17)29-6-2)30-14-18-9-7-8-10-19(18)25/h7-13,23H,5-6,14H2,1-4H3,(H,26,31). The van der Waals surface area contributed by atoms with Gasteiger partial charge >= 0.3 is 0 Å². The summed E-state index contributed by atoms with van der Waals surface area (Å²) in [7, 11) is 0. The molecule has 1 aliphatic rings. The van der Waals surface area contributed by atoms with Crippen molar-refractivity contribution in [1.29, 1.82) is 0 Å². The summed E-state index contributed by atoms with van der Waals surface area (Å²) < 4.78 is 11.9. The molecule has 0 radical (unpaired) electrons. The Morgan fingerprint density at radius 1 is 1.16 bits per heavy atom. The van der Waals surface area contributed by atoms with Gasteiger partial charge in [0.15, 0.2) is 22.4 Å². The van der Waals surface area contributed by atoms with E-state index in [-0.39, 0.29) is 11.8 Å². The molecule has 1 aliphatic heterocycles. The molecule has 1 heterocycles. The van der Waals surface area contributed by atoms with Crippen LogP contribution in [0.2, 0.25) is 5.02 Å². The molecule has 3 rings (SSSR count). The highest BCUT2D eigenvalue weighted by atomic mass is 35.5. The molecule has 0 spiro atoms. The first kappa shape index (κ1) is 23.1. The Hall–Kier alpha value is -2.57. The van der Waals surface area contributed by atoms with Crippen LogP contribution in [-0.2, 0) is 11.4 Å². The van der Waals surface area contributed by atoms with E-state index in [1.165, 1.54) is 0 Å². The second-order valence-corrected chi connectivity index (χ2v) is 8.00. The molecule has 0 saturated carbocycles. The molecule has 0 aliphatic carbocycles. The van der Waals surface area contributed by atoms with E-state index in [2.05, 4.69) is 5.32 Å². The van der Waals surface area contributed by atoms with Crippen LogP contribution in [0.5, 0.6) is 11.5 Å². The second-order valence-electron chi connectivity index (χ2n) is 7.20. The lowest BCUT2D eigenvalue weighted by Crippen LogP contribution is -2.47. The largest absolute Gasteiger partial charge is 0.490 e. The number of halogens is 1. The Bertz CT molecular complexity index is 1020. The van der Waals surface area contributed by atoms with Crippen LogP contribution in [-0.4, -0.2) is 28.9 Å². The van der Waals surface area contributed by atoms with Crippen LogP contribution >= 0.6 is 23.8 Å². The lowest BCUT2D eigenvalue weighted by atomic mass is 9.92. The molecular formula is C24H27ClN2O3S. The molecule has 2 aromatic carbocycles. The molecule has 1 unspecified atom stereocenters. The van der Waals surface area contributed by atoms with Gasteiger partial charge in [0, 0.05) is 28.4 Å². The molecule has 0 bridgehead atoms. The average Bonchev–Trinajstić information content (AvgIpc) is 2.73. The maximum Gasteiger partial charge on any atom is 0.173 e. The molecular weight excluding hydrogens is 432 g/mol. The van der Waals surface area contributed by atoms with Gasteiger partial charge in [-0.2, -0.15) is 0 Å². The second kappa shape index (κ2) is 10.2. The fourth-order valence-corrected chi connectivity index (χ4v) is 4.31. The average molecular weight is 459 g/mol. The minimum absolute atomic E-state index is 0.00737. The van der Waals surface area contributed by atoms with Gasteiger partial charge in [-0.05, 0) is 63.7 Å². The van der Waals surface area contributed by atoms with Gasteiger partial charge in [0.2, 0.25) is 0 Å². The van der Waals surface area contributed by atoms with Crippen LogP contribution in [0.3, 0.4) is 0 Å². The number of ketones is 1. The quantitative estimate of drug-likeness (QED) is 0.532. The van der Waals surface area contributed by atoms with Crippen molar-refractivity contribution in [3.63, 3.8) is 0 Å². The highest BCUT2D eigenvalue weighted by Gasteiger charge is 2.32. The summed E-state index contributed by atoms with van der Waals surface area (Å²) in [6.45, 7) is 8.95. The highest BCUT2D eigenvalue weighted by Crippen LogP contribution is 2.36. The normalized spacial score (nSPS) is 16.2. The fourth-order valence-electron chi connectivity index (χ4n) is 3.73. The summed E-state index contributed by atoms with van der Waals surface area (Å²) in [6.07, 6.45) is 0. The lowest BCUT2D eigenvalue weighted by Gasteiger charge is -2.37. The zero-order valence-corrected chi connectivity index (χ0v) is 19.8. The van der Waals surface area contributed by atoms with E-state index >= 15 is 0 Å². The van der Waals surface area contributed by atoms with Gasteiger partial charge in [-0.25, -0.2) is 0 Å². The Morgan fingerprint density at radius 2 is 1.90 bits per heavy atom. The number of thiocarbonyl (C=S) groups is 1. The lowest BCUT2D eigenvalue weighted by molar-refractivity contribution is -0.114. The summed E-state index contributed by atoms with van der Waals surface area (Å²) in [5.74, 6) is 1.23. The highest BCUT2D eigenvalue weighted by molar-refractivity contribution is 7.80. The van der Waals surface area contributed by atoms with Crippen LogP contribution in [0.4, 0.5) is 0 Å². The van der Waals surface area contributed by atoms with Crippen molar-refractivity contribution in [3.05, 3.63) is 69.9 Å². The zero-order valence-electron chi connectivity index (χ0n) is 18.2. The van der Waals surface area contributed by atoms with Crippen molar-refractivity contribution in [3.8, 4) is 11.5 Å².